The van der Waals surface area contributed by atoms with Crippen molar-refractivity contribution in [2.45, 2.75) is 31.9 Å². The van der Waals surface area contributed by atoms with Crippen molar-refractivity contribution in [1.82, 2.24) is 5.32 Å². The summed E-state index contributed by atoms with van der Waals surface area (Å²) < 4.78 is 0. The minimum atomic E-state index is -0.789. The number of hydrogen-bond donors (Lipinski definition) is 3. The van der Waals surface area contributed by atoms with Crippen molar-refractivity contribution < 1.29 is 15.0 Å². The van der Waals surface area contributed by atoms with Gasteiger partial charge in [0.05, 0.1) is 6.10 Å². The highest BCUT2D eigenvalue weighted by Gasteiger charge is 2.29. The van der Waals surface area contributed by atoms with Crippen LogP contribution in [0, 0.1) is 5.92 Å². The third kappa shape index (κ3) is 2.46. The summed E-state index contributed by atoms with van der Waals surface area (Å²) in [6.45, 7) is 2.44. The number of carbonyl (C=O) groups is 1. The van der Waals surface area contributed by atoms with E-state index in [0.717, 1.165) is 0 Å². The van der Waals surface area contributed by atoms with Gasteiger partial charge in [-0.15, -0.1) is 0 Å². The molecule has 3 atom stereocenters. The van der Waals surface area contributed by atoms with E-state index >= 15 is 0 Å². The van der Waals surface area contributed by atoms with Crippen LogP contribution in [0.3, 0.4) is 0 Å². The molecule has 1 fully saturated rings. The molecule has 1 aliphatic heterocycles. The molecule has 4 nitrogen and oxygen atoms in total. The number of aliphatic hydroxyl groups excluding tert-OH is 1. The number of rotatable bonds is 3. The molecule has 1 saturated heterocycles. The molecule has 1 aliphatic rings. The van der Waals surface area contributed by atoms with Gasteiger partial charge in [0.2, 0.25) is 0 Å². The van der Waals surface area contributed by atoms with Gasteiger partial charge in [0.25, 0.3) is 0 Å². The van der Waals surface area contributed by atoms with E-state index in [0.29, 0.717) is 25.3 Å². The summed E-state index contributed by atoms with van der Waals surface area (Å²) in [5.74, 6) is -0.478. The molecule has 0 radical (unpaired) electrons. The van der Waals surface area contributed by atoms with E-state index in [1.807, 2.05) is 0 Å². The van der Waals surface area contributed by atoms with Gasteiger partial charge in [-0.3, -0.25) is 4.79 Å². The molecule has 0 aliphatic carbocycles. The second kappa shape index (κ2) is 3.87. The van der Waals surface area contributed by atoms with Crippen LogP contribution in [0.15, 0.2) is 0 Å². The number of carboxylic acid groups (broad SMARTS) is 1. The molecule has 70 valence electrons. The highest BCUT2D eigenvalue weighted by Crippen LogP contribution is 2.19. The Morgan fingerprint density at radius 3 is 2.83 bits per heavy atom. The van der Waals surface area contributed by atoms with Crippen molar-refractivity contribution in [2.75, 3.05) is 6.54 Å². The predicted octanol–water partition coefficient (Wildman–Crippen LogP) is -0.180. The zero-order valence-corrected chi connectivity index (χ0v) is 7.16. The van der Waals surface area contributed by atoms with E-state index in [9.17, 15) is 4.79 Å². The lowest BCUT2D eigenvalue weighted by Crippen LogP contribution is -2.29. The first-order valence-electron chi connectivity index (χ1n) is 4.24. The Balaban J connectivity index is 2.30. The Morgan fingerprint density at radius 1 is 1.75 bits per heavy atom. The standard InChI is InChI=1S/C8H15NO3/c1-5(10)2-6-3-7(8(11)12)9-4-6/h5-7,9-10H,2-4H2,1H3,(H,11,12)/t5?,6?,7-/m0/s1. The molecule has 3 N–H and O–H groups in total. The normalized spacial score (nSPS) is 31.8. The molecule has 0 aromatic carbocycles. The van der Waals surface area contributed by atoms with Crippen LogP contribution in [0.25, 0.3) is 0 Å². The van der Waals surface area contributed by atoms with E-state index in [2.05, 4.69) is 5.32 Å². The molecule has 2 unspecified atom stereocenters. The third-order valence-corrected chi connectivity index (χ3v) is 2.19. The lowest BCUT2D eigenvalue weighted by atomic mass is 9.99. The maximum absolute atomic E-state index is 10.5. The zero-order chi connectivity index (χ0) is 9.14. The molecular formula is C8H15NO3. The minimum absolute atomic E-state index is 0.311. The van der Waals surface area contributed by atoms with Crippen molar-refractivity contribution in [3.8, 4) is 0 Å². The summed E-state index contributed by atoms with van der Waals surface area (Å²) in [4.78, 5) is 10.5. The summed E-state index contributed by atoms with van der Waals surface area (Å²) in [6, 6.07) is -0.409. The average molecular weight is 173 g/mol. The van der Waals surface area contributed by atoms with Crippen LogP contribution in [0.5, 0.6) is 0 Å². The molecule has 0 saturated carbocycles. The highest BCUT2D eigenvalue weighted by molar-refractivity contribution is 5.73. The number of hydrogen-bond acceptors (Lipinski definition) is 3. The Kier molecular flexibility index (Phi) is 3.05. The Hall–Kier alpha value is -0.610. The fourth-order valence-electron chi connectivity index (χ4n) is 1.66. The maximum Gasteiger partial charge on any atom is 0.320 e. The first-order chi connectivity index (χ1) is 5.59. The molecule has 0 aromatic heterocycles. The van der Waals surface area contributed by atoms with Gasteiger partial charge in [0, 0.05) is 0 Å². The third-order valence-electron chi connectivity index (χ3n) is 2.19. The van der Waals surface area contributed by atoms with E-state index in [-0.39, 0.29) is 6.10 Å². The van der Waals surface area contributed by atoms with Crippen LogP contribution in [0.1, 0.15) is 19.8 Å². The zero-order valence-electron chi connectivity index (χ0n) is 7.16. The van der Waals surface area contributed by atoms with Crippen LogP contribution in [0.4, 0.5) is 0 Å². The lowest BCUT2D eigenvalue weighted by Gasteiger charge is -2.09. The molecule has 1 heterocycles. The Morgan fingerprint density at radius 2 is 2.42 bits per heavy atom. The lowest BCUT2D eigenvalue weighted by molar-refractivity contribution is -0.139. The van der Waals surface area contributed by atoms with Gasteiger partial charge in [-0.1, -0.05) is 0 Å². The minimum Gasteiger partial charge on any atom is -0.480 e. The van der Waals surface area contributed by atoms with Gasteiger partial charge in [-0.25, -0.2) is 0 Å². The first-order valence-corrected chi connectivity index (χ1v) is 4.24. The molecular weight excluding hydrogens is 158 g/mol. The summed E-state index contributed by atoms with van der Waals surface area (Å²) in [7, 11) is 0. The smallest absolute Gasteiger partial charge is 0.320 e. The molecule has 0 bridgehead atoms. The highest BCUT2D eigenvalue weighted by atomic mass is 16.4. The van der Waals surface area contributed by atoms with Crippen molar-refractivity contribution in [3.05, 3.63) is 0 Å². The van der Waals surface area contributed by atoms with Crippen LogP contribution in [0.2, 0.25) is 0 Å². The van der Waals surface area contributed by atoms with Gasteiger partial charge < -0.3 is 15.5 Å². The molecule has 0 aromatic rings. The quantitative estimate of drug-likeness (QED) is 0.553. The summed E-state index contributed by atoms with van der Waals surface area (Å²) in [5.41, 5.74) is 0. The maximum atomic E-state index is 10.5. The number of aliphatic carboxylic acids is 1. The number of carboxylic acids is 1. The second-order valence-electron chi connectivity index (χ2n) is 3.49. The van der Waals surface area contributed by atoms with Crippen molar-refractivity contribution in [3.63, 3.8) is 0 Å². The average Bonchev–Trinajstić information content (AvgIpc) is 2.34. The monoisotopic (exact) mass is 173 g/mol. The van der Waals surface area contributed by atoms with Gasteiger partial charge in [-0.05, 0) is 32.2 Å². The van der Waals surface area contributed by atoms with Gasteiger partial charge >= 0.3 is 5.97 Å². The molecule has 1 rings (SSSR count). The largest absolute Gasteiger partial charge is 0.480 e. The second-order valence-corrected chi connectivity index (χ2v) is 3.49. The molecule has 0 spiro atoms. The van der Waals surface area contributed by atoms with E-state index in [1.54, 1.807) is 6.92 Å². The van der Waals surface area contributed by atoms with Crippen LogP contribution >= 0.6 is 0 Å². The molecule has 4 heteroatoms. The van der Waals surface area contributed by atoms with Crippen LogP contribution < -0.4 is 5.32 Å². The topological polar surface area (TPSA) is 69.6 Å². The predicted molar refractivity (Wildman–Crippen MR) is 43.8 cm³/mol. The van der Waals surface area contributed by atoms with Crippen LogP contribution in [-0.2, 0) is 4.79 Å². The Bertz CT molecular complexity index is 170. The summed E-state index contributed by atoms with van der Waals surface area (Å²) >= 11 is 0. The van der Waals surface area contributed by atoms with Crippen molar-refractivity contribution >= 4 is 5.97 Å². The SMILES string of the molecule is CC(O)CC1CN[C@H](C(=O)O)C1. The van der Waals surface area contributed by atoms with Gasteiger partial charge in [0.1, 0.15) is 6.04 Å². The summed E-state index contributed by atoms with van der Waals surface area (Å²) in [6.07, 6.45) is 1.00. The van der Waals surface area contributed by atoms with Gasteiger partial charge in [0.15, 0.2) is 0 Å². The molecule has 0 amide bonds. The first kappa shape index (κ1) is 9.48. The summed E-state index contributed by atoms with van der Waals surface area (Å²) in [5, 5.41) is 20.6. The van der Waals surface area contributed by atoms with Gasteiger partial charge in [-0.2, -0.15) is 0 Å². The fraction of sp³-hybridized carbons (Fsp3) is 0.875. The van der Waals surface area contributed by atoms with Crippen LogP contribution in [-0.4, -0.2) is 34.9 Å². The number of nitrogens with one attached hydrogen (secondary N) is 1. The Labute approximate surface area is 71.6 Å². The van der Waals surface area contributed by atoms with E-state index in [1.165, 1.54) is 0 Å². The van der Waals surface area contributed by atoms with Crippen molar-refractivity contribution in [1.29, 1.82) is 0 Å². The molecule has 12 heavy (non-hydrogen) atoms. The van der Waals surface area contributed by atoms with E-state index < -0.39 is 12.0 Å². The van der Waals surface area contributed by atoms with Crippen molar-refractivity contribution in [2.24, 2.45) is 5.92 Å². The fourth-order valence-corrected chi connectivity index (χ4v) is 1.66. The van der Waals surface area contributed by atoms with E-state index in [4.69, 9.17) is 10.2 Å². The number of aliphatic hydroxyl groups is 1.